The molecule has 2 unspecified atom stereocenters. The Balaban J connectivity index is 1.39. The first-order valence-electron chi connectivity index (χ1n) is 11.5. The lowest BCUT2D eigenvalue weighted by Gasteiger charge is -2.35. The Hall–Kier alpha value is -3.56. The molecule has 4 aromatic rings. The number of halogens is 1. The number of carbonyl (C=O) groups is 1. The van der Waals surface area contributed by atoms with E-state index in [1.807, 2.05) is 42.5 Å². The van der Waals surface area contributed by atoms with E-state index in [1.165, 1.54) is 0 Å². The minimum atomic E-state index is -0.727. The van der Waals surface area contributed by atoms with Gasteiger partial charge in [0.15, 0.2) is 0 Å². The number of aromatic nitrogens is 4. The average molecular weight is 496 g/mol. The van der Waals surface area contributed by atoms with Gasteiger partial charge in [0.2, 0.25) is 0 Å². The molecule has 1 aliphatic heterocycles. The first-order chi connectivity index (χ1) is 17.0. The number of H-pyrrole nitrogens is 1. The van der Waals surface area contributed by atoms with Crippen LogP contribution >= 0.6 is 11.6 Å². The van der Waals surface area contributed by atoms with E-state index in [9.17, 15) is 9.90 Å². The Kier molecular flexibility index (Phi) is 6.61. The molecule has 3 heterocycles. The molecular formula is C25H26ClN5O4. The normalized spacial score (nSPS) is 16.2. The van der Waals surface area contributed by atoms with E-state index in [2.05, 4.69) is 15.3 Å². The van der Waals surface area contributed by atoms with E-state index in [-0.39, 0.29) is 18.7 Å². The third kappa shape index (κ3) is 4.82. The van der Waals surface area contributed by atoms with Gasteiger partial charge < -0.3 is 19.6 Å². The lowest BCUT2D eigenvalue weighted by molar-refractivity contribution is 0.0885. The van der Waals surface area contributed by atoms with Crippen LogP contribution < -0.4 is 4.74 Å². The molecule has 10 heteroatoms. The van der Waals surface area contributed by atoms with Gasteiger partial charge in [-0.3, -0.25) is 4.90 Å². The first kappa shape index (κ1) is 23.2. The molecular weight excluding hydrogens is 470 g/mol. The summed E-state index contributed by atoms with van der Waals surface area (Å²) in [6.45, 7) is 3.05. The molecule has 182 valence electrons. The van der Waals surface area contributed by atoms with Crippen LogP contribution in [0.25, 0.3) is 10.9 Å². The summed E-state index contributed by atoms with van der Waals surface area (Å²) in [4.78, 5) is 18.1. The Morgan fingerprint density at radius 2 is 2.11 bits per heavy atom. The number of benzene rings is 2. The Bertz CT molecular complexity index is 1310. The molecule has 1 aliphatic rings. The van der Waals surface area contributed by atoms with Crippen LogP contribution in [-0.2, 0) is 17.7 Å². The van der Waals surface area contributed by atoms with E-state index in [0.717, 1.165) is 27.7 Å². The number of nitrogens with zero attached hydrogens (tertiary/aromatic N) is 4. The Labute approximate surface area is 207 Å². The Morgan fingerprint density at radius 1 is 1.29 bits per heavy atom. The van der Waals surface area contributed by atoms with Crippen molar-refractivity contribution < 1.29 is 19.4 Å². The number of amides is 1. The predicted octanol–water partition coefficient (Wildman–Crippen LogP) is 3.96. The van der Waals surface area contributed by atoms with Crippen molar-refractivity contribution in [2.45, 2.75) is 32.0 Å². The second kappa shape index (κ2) is 9.97. The molecule has 0 spiro atoms. The number of carbonyl (C=O) groups excluding carboxylic acids is 1. The molecule has 0 aliphatic carbocycles. The van der Waals surface area contributed by atoms with Crippen LogP contribution in [0.5, 0.6) is 5.75 Å². The van der Waals surface area contributed by atoms with Gasteiger partial charge in [0.05, 0.1) is 19.3 Å². The molecule has 35 heavy (non-hydrogen) atoms. The zero-order valence-corrected chi connectivity index (χ0v) is 20.0. The largest absolute Gasteiger partial charge is 0.491 e. The number of fused-ring (bicyclic) bond motifs is 3. The van der Waals surface area contributed by atoms with Crippen molar-refractivity contribution >= 4 is 28.6 Å². The van der Waals surface area contributed by atoms with Gasteiger partial charge in [0, 0.05) is 34.4 Å². The average Bonchev–Trinajstić information content (AvgIpc) is 3.50. The number of aliphatic hydroxyl groups is 1. The van der Waals surface area contributed by atoms with Crippen LogP contribution in [0.2, 0.25) is 5.02 Å². The molecule has 5 rings (SSSR count). The molecule has 9 nitrogen and oxygen atoms in total. The predicted molar refractivity (Wildman–Crippen MR) is 131 cm³/mol. The Morgan fingerprint density at radius 3 is 2.86 bits per heavy atom. The van der Waals surface area contributed by atoms with Crippen molar-refractivity contribution in [3.8, 4) is 5.75 Å². The van der Waals surface area contributed by atoms with E-state index in [4.69, 9.17) is 21.1 Å². The third-order valence-corrected chi connectivity index (χ3v) is 6.33. The zero-order valence-electron chi connectivity index (χ0n) is 19.2. The van der Waals surface area contributed by atoms with E-state index < -0.39 is 6.10 Å². The molecule has 0 radical (unpaired) electrons. The minimum absolute atomic E-state index is 0.116. The second-order valence-electron chi connectivity index (χ2n) is 8.41. The number of hydrogen-bond acceptors (Lipinski definition) is 6. The van der Waals surface area contributed by atoms with Crippen molar-refractivity contribution in [3.05, 3.63) is 76.7 Å². The van der Waals surface area contributed by atoms with Crippen LogP contribution in [0.1, 0.15) is 29.8 Å². The third-order valence-electron chi connectivity index (χ3n) is 6.10. The highest BCUT2D eigenvalue weighted by Gasteiger charge is 2.35. The molecule has 0 saturated carbocycles. The van der Waals surface area contributed by atoms with E-state index in [1.54, 1.807) is 28.9 Å². The number of aromatic amines is 1. The van der Waals surface area contributed by atoms with Gasteiger partial charge in [0.25, 0.3) is 0 Å². The maximum Gasteiger partial charge on any atom is 0.410 e. The zero-order chi connectivity index (χ0) is 24.4. The standard InChI is InChI=1S/C25H26ClN5O4/c1-2-34-25(33)31-11-9-20-21-13-17(26)5-8-22(21)28-23(20)24(31)16-3-6-19(7-4-16)35-15-18(32)14-30-12-10-27-29-30/h3-8,10,12-13,18,24,28,32H,2,9,11,14-15H2,1H3. The van der Waals surface area contributed by atoms with Gasteiger partial charge in [0.1, 0.15) is 24.5 Å². The fraction of sp³-hybridized carbons (Fsp3) is 0.320. The van der Waals surface area contributed by atoms with Crippen molar-refractivity contribution in [1.29, 1.82) is 0 Å². The lowest BCUT2D eigenvalue weighted by Crippen LogP contribution is -2.40. The van der Waals surface area contributed by atoms with Crippen molar-refractivity contribution in [1.82, 2.24) is 24.9 Å². The molecule has 1 amide bonds. The topological polar surface area (TPSA) is 106 Å². The van der Waals surface area contributed by atoms with Gasteiger partial charge >= 0.3 is 6.09 Å². The second-order valence-corrected chi connectivity index (χ2v) is 8.85. The van der Waals surface area contributed by atoms with Gasteiger partial charge in [-0.25, -0.2) is 9.48 Å². The molecule has 2 N–H and O–H groups in total. The van der Waals surface area contributed by atoms with E-state index in [0.29, 0.717) is 36.9 Å². The lowest BCUT2D eigenvalue weighted by atomic mass is 9.92. The van der Waals surface area contributed by atoms with E-state index >= 15 is 0 Å². The summed E-state index contributed by atoms with van der Waals surface area (Å²) in [5.74, 6) is 0.619. The number of hydrogen-bond donors (Lipinski definition) is 2. The number of nitrogens with one attached hydrogen (secondary N) is 1. The molecule has 0 saturated heterocycles. The number of ether oxygens (including phenoxy) is 2. The SMILES string of the molecule is CCOC(=O)N1CCc2c([nH]c3ccc(Cl)cc23)C1c1ccc(OCC(O)Cn2ccnn2)cc1. The van der Waals surface area contributed by atoms with Gasteiger partial charge in [-0.1, -0.05) is 28.9 Å². The van der Waals surface area contributed by atoms with Crippen molar-refractivity contribution in [3.63, 3.8) is 0 Å². The summed E-state index contributed by atoms with van der Waals surface area (Å²) < 4.78 is 12.7. The van der Waals surface area contributed by atoms with Gasteiger partial charge in [-0.15, -0.1) is 5.10 Å². The summed E-state index contributed by atoms with van der Waals surface area (Å²) in [6, 6.07) is 13.0. The molecule has 2 atom stereocenters. The van der Waals surface area contributed by atoms with Gasteiger partial charge in [-0.2, -0.15) is 0 Å². The van der Waals surface area contributed by atoms with Crippen LogP contribution in [-0.4, -0.2) is 61.9 Å². The number of aliphatic hydroxyl groups excluding tert-OH is 1. The quantitative estimate of drug-likeness (QED) is 0.402. The van der Waals surface area contributed by atoms with Gasteiger partial charge in [-0.05, 0) is 54.8 Å². The van der Waals surface area contributed by atoms with Crippen LogP contribution in [0.4, 0.5) is 4.79 Å². The number of rotatable bonds is 7. The minimum Gasteiger partial charge on any atom is -0.491 e. The van der Waals surface area contributed by atoms with Crippen LogP contribution in [0.3, 0.4) is 0 Å². The highest BCUT2D eigenvalue weighted by molar-refractivity contribution is 6.31. The summed E-state index contributed by atoms with van der Waals surface area (Å²) in [5, 5.41) is 19.5. The summed E-state index contributed by atoms with van der Waals surface area (Å²) in [7, 11) is 0. The summed E-state index contributed by atoms with van der Waals surface area (Å²) >= 11 is 6.26. The molecule has 2 aromatic carbocycles. The van der Waals surface area contributed by atoms with Crippen LogP contribution in [0.15, 0.2) is 54.9 Å². The maximum atomic E-state index is 12.8. The molecule has 2 aromatic heterocycles. The summed E-state index contributed by atoms with van der Waals surface area (Å²) in [5.41, 5.74) is 4.02. The highest BCUT2D eigenvalue weighted by atomic mass is 35.5. The monoisotopic (exact) mass is 495 g/mol. The van der Waals surface area contributed by atoms with Crippen molar-refractivity contribution in [2.75, 3.05) is 19.8 Å². The maximum absolute atomic E-state index is 12.8. The molecule has 0 bridgehead atoms. The summed E-state index contributed by atoms with van der Waals surface area (Å²) in [6.07, 6.45) is 2.87. The van der Waals surface area contributed by atoms with Crippen molar-refractivity contribution in [2.24, 2.45) is 0 Å². The first-order valence-corrected chi connectivity index (χ1v) is 11.9. The fourth-order valence-electron chi connectivity index (χ4n) is 4.55. The highest BCUT2D eigenvalue weighted by Crippen LogP contribution is 2.39. The molecule has 0 fully saturated rings. The van der Waals surface area contributed by atoms with Crippen LogP contribution in [0, 0.1) is 0 Å². The smallest absolute Gasteiger partial charge is 0.410 e. The fourth-order valence-corrected chi connectivity index (χ4v) is 4.72.